The zero-order valence-corrected chi connectivity index (χ0v) is 13.1. The summed E-state index contributed by atoms with van der Waals surface area (Å²) in [6.07, 6.45) is 6.60. The predicted molar refractivity (Wildman–Crippen MR) is 84.0 cm³/mol. The lowest BCUT2D eigenvalue weighted by Gasteiger charge is -2.31. The van der Waals surface area contributed by atoms with Crippen LogP contribution in [0.25, 0.3) is 0 Å². The fraction of sp³-hybridized carbons (Fsp3) is 0.800. The van der Waals surface area contributed by atoms with Gasteiger partial charge in [-0.05, 0) is 31.7 Å². The summed E-state index contributed by atoms with van der Waals surface area (Å²) in [6, 6.07) is 0. The molecule has 2 rings (SSSR count). The zero-order chi connectivity index (χ0) is 13.5. The van der Waals surface area contributed by atoms with Crippen molar-refractivity contribution in [2.24, 2.45) is 5.92 Å². The van der Waals surface area contributed by atoms with Crippen LogP contribution in [0.4, 0.5) is 5.13 Å². The topological polar surface area (TPSA) is 28.2 Å². The summed E-state index contributed by atoms with van der Waals surface area (Å²) in [5.41, 5.74) is 1.20. The highest BCUT2D eigenvalue weighted by Crippen LogP contribution is 2.28. The van der Waals surface area contributed by atoms with E-state index >= 15 is 0 Å². The molecular formula is C15H27N3S. The molecule has 0 amide bonds. The summed E-state index contributed by atoms with van der Waals surface area (Å²) < 4.78 is 0. The second kappa shape index (κ2) is 7.85. The Kier molecular flexibility index (Phi) is 6.11. The summed E-state index contributed by atoms with van der Waals surface area (Å²) in [4.78, 5) is 7.23. The summed E-state index contributed by atoms with van der Waals surface area (Å²) in [5.74, 6) is 0.951. The van der Waals surface area contributed by atoms with Crippen molar-refractivity contribution >= 4 is 16.5 Å². The van der Waals surface area contributed by atoms with Crippen LogP contribution >= 0.6 is 11.3 Å². The van der Waals surface area contributed by atoms with Crippen LogP contribution in [0.5, 0.6) is 0 Å². The molecule has 0 aliphatic carbocycles. The van der Waals surface area contributed by atoms with Crippen molar-refractivity contribution < 1.29 is 0 Å². The van der Waals surface area contributed by atoms with E-state index in [9.17, 15) is 0 Å². The molecule has 1 saturated heterocycles. The van der Waals surface area contributed by atoms with Gasteiger partial charge in [-0.3, -0.25) is 0 Å². The van der Waals surface area contributed by atoms with E-state index in [0.717, 1.165) is 19.0 Å². The summed E-state index contributed by atoms with van der Waals surface area (Å²) in [5, 5.41) is 6.85. The normalized spacial score (nSPS) is 17.1. The molecule has 0 unspecified atom stereocenters. The second-order valence-electron chi connectivity index (χ2n) is 5.52. The van der Waals surface area contributed by atoms with E-state index in [2.05, 4.69) is 29.4 Å². The Labute approximate surface area is 121 Å². The molecule has 0 aromatic carbocycles. The van der Waals surface area contributed by atoms with Crippen molar-refractivity contribution in [3.8, 4) is 0 Å². The van der Waals surface area contributed by atoms with Gasteiger partial charge in [0.1, 0.15) is 0 Å². The molecule has 1 aliphatic rings. The van der Waals surface area contributed by atoms with Crippen LogP contribution in [0.2, 0.25) is 0 Å². The van der Waals surface area contributed by atoms with E-state index in [-0.39, 0.29) is 0 Å². The smallest absolute Gasteiger partial charge is 0.185 e. The van der Waals surface area contributed by atoms with Crippen LogP contribution in [-0.2, 0) is 6.54 Å². The molecule has 0 spiro atoms. The van der Waals surface area contributed by atoms with Crippen LogP contribution in [0.3, 0.4) is 0 Å². The molecule has 3 nitrogen and oxygen atoms in total. The Bertz CT molecular complexity index is 356. The van der Waals surface area contributed by atoms with Gasteiger partial charge in [-0.1, -0.05) is 26.7 Å². The van der Waals surface area contributed by atoms with Crippen molar-refractivity contribution in [2.75, 3.05) is 24.5 Å². The fourth-order valence-electron chi connectivity index (χ4n) is 2.74. The zero-order valence-electron chi connectivity index (χ0n) is 12.3. The minimum atomic E-state index is 0.913. The third-order valence-corrected chi connectivity index (χ3v) is 4.80. The monoisotopic (exact) mass is 281 g/mol. The van der Waals surface area contributed by atoms with Crippen LogP contribution in [0.1, 0.15) is 51.6 Å². The Morgan fingerprint density at radius 1 is 1.32 bits per heavy atom. The van der Waals surface area contributed by atoms with Gasteiger partial charge in [-0.2, -0.15) is 0 Å². The molecule has 108 valence electrons. The van der Waals surface area contributed by atoms with Gasteiger partial charge in [0.05, 0.1) is 5.69 Å². The highest BCUT2D eigenvalue weighted by Gasteiger charge is 2.20. The number of hydrogen-bond donors (Lipinski definition) is 1. The average molecular weight is 281 g/mol. The van der Waals surface area contributed by atoms with Crippen molar-refractivity contribution in [2.45, 2.75) is 52.5 Å². The van der Waals surface area contributed by atoms with Gasteiger partial charge in [-0.15, -0.1) is 11.3 Å². The van der Waals surface area contributed by atoms with Crippen molar-refractivity contribution in [1.29, 1.82) is 0 Å². The highest BCUT2D eigenvalue weighted by molar-refractivity contribution is 7.13. The third-order valence-electron chi connectivity index (χ3n) is 3.85. The molecule has 1 aromatic heterocycles. The van der Waals surface area contributed by atoms with Crippen LogP contribution in [0, 0.1) is 5.92 Å². The first-order chi connectivity index (χ1) is 9.33. The Morgan fingerprint density at radius 2 is 2.11 bits per heavy atom. The third kappa shape index (κ3) is 4.46. The lowest BCUT2D eigenvalue weighted by atomic mass is 9.93. The molecule has 2 heterocycles. The van der Waals surface area contributed by atoms with Crippen molar-refractivity contribution in [1.82, 2.24) is 10.3 Å². The number of piperidine rings is 1. The van der Waals surface area contributed by atoms with Crippen LogP contribution < -0.4 is 10.2 Å². The summed E-state index contributed by atoms with van der Waals surface area (Å²) in [6.45, 7) is 8.87. The molecule has 19 heavy (non-hydrogen) atoms. The summed E-state index contributed by atoms with van der Waals surface area (Å²) >= 11 is 1.80. The quantitative estimate of drug-likeness (QED) is 0.773. The number of nitrogens with zero attached hydrogens (tertiary/aromatic N) is 2. The van der Waals surface area contributed by atoms with Gasteiger partial charge in [0.15, 0.2) is 5.13 Å². The molecule has 1 aromatic rings. The first-order valence-corrected chi connectivity index (χ1v) is 8.61. The van der Waals surface area contributed by atoms with E-state index in [1.54, 1.807) is 11.3 Å². The molecular weight excluding hydrogens is 254 g/mol. The number of rotatable bonds is 7. The second-order valence-corrected chi connectivity index (χ2v) is 6.35. The molecule has 1 N–H and O–H groups in total. The number of anilines is 1. The van der Waals surface area contributed by atoms with Crippen LogP contribution in [-0.4, -0.2) is 24.6 Å². The molecule has 0 atom stereocenters. The van der Waals surface area contributed by atoms with Gasteiger partial charge in [0, 0.05) is 25.0 Å². The lowest BCUT2D eigenvalue weighted by Crippen LogP contribution is -2.33. The number of nitrogens with one attached hydrogen (secondary N) is 1. The maximum Gasteiger partial charge on any atom is 0.185 e. The van der Waals surface area contributed by atoms with E-state index in [4.69, 9.17) is 4.98 Å². The number of aromatic nitrogens is 1. The molecule has 1 fully saturated rings. The van der Waals surface area contributed by atoms with E-state index in [0.29, 0.717) is 0 Å². The predicted octanol–water partition coefficient (Wildman–Crippen LogP) is 3.66. The summed E-state index contributed by atoms with van der Waals surface area (Å²) in [7, 11) is 0. The van der Waals surface area contributed by atoms with E-state index in [1.165, 1.54) is 56.0 Å². The lowest BCUT2D eigenvalue weighted by molar-refractivity contribution is 0.378. The van der Waals surface area contributed by atoms with Gasteiger partial charge in [-0.25, -0.2) is 4.98 Å². The van der Waals surface area contributed by atoms with Crippen LogP contribution in [0.15, 0.2) is 5.38 Å². The minimum Gasteiger partial charge on any atom is -0.348 e. The van der Waals surface area contributed by atoms with Crippen molar-refractivity contribution in [3.05, 3.63) is 11.1 Å². The van der Waals surface area contributed by atoms with Gasteiger partial charge in [0.25, 0.3) is 0 Å². The maximum absolute atomic E-state index is 4.76. The highest BCUT2D eigenvalue weighted by atomic mass is 32.1. The number of hydrogen-bond acceptors (Lipinski definition) is 4. The van der Waals surface area contributed by atoms with Crippen molar-refractivity contribution in [3.63, 3.8) is 0 Å². The molecule has 0 saturated carbocycles. The van der Waals surface area contributed by atoms with Gasteiger partial charge in [0.2, 0.25) is 0 Å². The molecule has 4 heteroatoms. The largest absolute Gasteiger partial charge is 0.348 e. The van der Waals surface area contributed by atoms with Gasteiger partial charge >= 0.3 is 0 Å². The number of thiazole rings is 1. The molecule has 0 bridgehead atoms. The Hall–Kier alpha value is -0.610. The Balaban J connectivity index is 1.79. The molecule has 0 radical (unpaired) electrons. The van der Waals surface area contributed by atoms with E-state index in [1.807, 2.05) is 0 Å². The SMILES string of the molecule is CCCNCc1csc(N2CCC(CCC)CC2)n1. The molecule has 1 aliphatic heterocycles. The minimum absolute atomic E-state index is 0.913. The first-order valence-electron chi connectivity index (χ1n) is 7.73. The first kappa shape index (κ1) is 14.8. The maximum atomic E-state index is 4.76. The average Bonchev–Trinajstić information content (AvgIpc) is 2.89. The standard InChI is InChI=1S/C15H27N3S/c1-3-5-13-6-9-18(10-7-13)15-17-14(12-19-15)11-16-8-4-2/h12-13,16H,3-11H2,1-2H3. The van der Waals surface area contributed by atoms with E-state index < -0.39 is 0 Å². The van der Waals surface area contributed by atoms with Gasteiger partial charge < -0.3 is 10.2 Å². The Morgan fingerprint density at radius 3 is 2.79 bits per heavy atom. The fourth-order valence-corrected chi connectivity index (χ4v) is 3.62.